The van der Waals surface area contributed by atoms with E-state index in [0.717, 1.165) is 23.3 Å². The van der Waals surface area contributed by atoms with Crippen molar-refractivity contribution in [2.24, 2.45) is 5.92 Å². The Morgan fingerprint density at radius 3 is 2.28 bits per heavy atom. The molecule has 1 heterocycles. The molecule has 5 nitrogen and oxygen atoms in total. The average Bonchev–Trinajstić information content (AvgIpc) is 2.77. The van der Waals surface area contributed by atoms with E-state index in [1.807, 2.05) is 31.2 Å². The molecule has 2 aromatic carbocycles. The van der Waals surface area contributed by atoms with Crippen molar-refractivity contribution in [1.29, 1.82) is 0 Å². The van der Waals surface area contributed by atoms with Crippen molar-refractivity contribution in [3.05, 3.63) is 70.5 Å². The molecule has 172 valence electrons. The fourth-order valence-corrected chi connectivity index (χ4v) is 3.63. The zero-order valence-electron chi connectivity index (χ0n) is 17.6. The molecular formula is C23H25F4N3O2. The van der Waals surface area contributed by atoms with Crippen LogP contribution in [0.2, 0.25) is 0 Å². The molecule has 2 N–H and O–H groups in total. The van der Waals surface area contributed by atoms with E-state index in [4.69, 9.17) is 0 Å². The number of carbonyl (C=O) groups is 2. The summed E-state index contributed by atoms with van der Waals surface area (Å²) in [5.41, 5.74) is 0.818. The van der Waals surface area contributed by atoms with Crippen LogP contribution in [0.4, 0.5) is 22.4 Å². The monoisotopic (exact) mass is 451 g/mol. The molecule has 1 fully saturated rings. The molecule has 3 amide bonds. The first-order chi connectivity index (χ1) is 15.1. The number of nitrogens with one attached hydrogen (secondary N) is 2. The van der Waals surface area contributed by atoms with Gasteiger partial charge in [-0.15, -0.1) is 0 Å². The van der Waals surface area contributed by atoms with Gasteiger partial charge in [-0.05, 0) is 43.0 Å². The number of hydrogen-bond acceptors (Lipinski definition) is 2. The van der Waals surface area contributed by atoms with Crippen LogP contribution < -0.4 is 10.6 Å². The van der Waals surface area contributed by atoms with Crippen LogP contribution in [0.15, 0.2) is 42.5 Å². The molecule has 3 rings (SSSR count). The minimum atomic E-state index is -4.72. The Balaban J connectivity index is 1.46. The molecule has 1 saturated heterocycles. The van der Waals surface area contributed by atoms with Crippen molar-refractivity contribution >= 4 is 11.9 Å². The lowest BCUT2D eigenvalue weighted by molar-refractivity contribution is -0.138. The summed E-state index contributed by atoms with van der Waals surface area (Å²) in [6.45, 7) is 2.69. The van der Waals surface area contributed by atoms with Gasteiger partial charge in [0.2, 0.25) is 5.91 Å². The van der Waals surface area contributed by atoms with Crippen LogP contribution in [-0.4, -0.2) is 29.9 Å². The molecule has 0 aliphatic carbocycles. The van der Waals surface area contributed by atoms with Crippen molar-refractivity contribution in [3.63, 3.8) is 0 Å². The van der Waals surface area contributed by atoms with E-state index >= 15 is 0 Å². The second-order valence-corrected chi connectivity index (χ2v) is 7.92. The summed E-state index contributed by atoms with van der Waals surface area (Å²) in [5, 5.41) is 5.37. The van der Waals surface area contributed by atoms with E-state index in [-0.39, 0.29) is 23.9 Å². The molecule has 0 saturated carbocycles. The zero-order chi connectivity index (χ0) is 23.3. The Kier molecular flexibility index (Phi) is 7.37. The number of piperidine rings is 1. The van der Waals surface area contributed by atoms with Crippen molar-refractivity contribution in [1.82, 2.24) is 15.5 Å². The fraction of sp³-hybridized carbons (Fsp3) is 0.391. The number of urea groups is 1. The van der Waals surface area contributed by atoms with Gasteiger partial charge in [0.25, 0.3) is 0 Å². The van der Waals surface area contributed by atoms with Gasteiger partial charge in [-0.25, -0.2) is 9.18 Å². The molecule has 32 heavy (non-hydrogen) atoms. The second kappa shape index (κ2) is 10.0. The van der Waals surface area contributed by atoms with Crippen molar-refractivity contribution in [3.8, 4) is 0 Å². The summed E-state index contributed by atoms with van der Waals surface area (Å²) in [7, 11) is 0. The molecule has 0 radical (unpaired) electrons. The van der Waals surface area contributed by atoms with Crippen molar-refractivity contribution < 1.29 is 27.2 Å². The molecule has 0 bridgehead atoms. The summed E-state index contributed by atoms with van der Waals surface area (Å²) < 4.78 is 52.5. The van der Waals surface area contributed by atoms with Gasteiger partial charge in [0.05, 0.1) is 5.56 Å². The van der Waals surface area contributed by atoms with Crippen LogP contribution in [0, 0.1) is 18.7 Å². The van der Waals surface area contributed by atoms with Gasteiger partial charge >= 0.3 is 12.2 Å². The Bertz CT molecular complexity index is 953. The van der Waals surface area contributed by atoms with Crippen LogP contribution in [0.5, 0.6) is 0 Å². The Labute approximate surface area is 183 Å². The van der Waals surface area contributed by atoms with Gasteiger partial charge in [-0.3, -0.25) is 4.79 Å². The van der Waals surface area contributed by atoms with Gasteiger partial charge in [-0.2, -0.15) is 13.2 Å². The molecule has 1 aliphatic rings. The molecule has 0 unspecified atom stereocenters. The molecule has 0 aromatic heterocycles. The van der Waals surface area contributed by atoms with Gasteiger partial charge in [0.1, 0.15) is 5.82 Å². The molecule has 9 heteroatoms. The first-order valence-corrected chi connectivity index (χ1v) is 10.3. The summed E-state index contributed by atoms with van der Waals surface area (Å²) in [6, 6.07) is 9.70. The van der Waals surface area contributed by atoms with Gasteiger partial charge in [0.15, 0.2) is 0 Å². The molecule has 1 aliphatic heterocycles. The highest BCUT2D eigenvalue weighted by Gasteiger charge is 2.34. The third kappa shape index (κ3) is 6.21. The van der Waals surface area contributed by atoms with Crippen LogP contribution in [0.3, 0.4) is 0 Å². The van der Waals surface area contributed by atoms with E-state index in [1.54, 1.807) is 0 Å². The quantitative estimate of drug-likeness (QED) is 0.663. The maximum absolute atomic E-state index is 13.2. The number of aryl methyl sites for hydroxylation is 1. The van der Waals surface area contributed by atoms with Gasteiger partial charge in [0, 0.05) is 32.1 Å². The molecule has 0 atom stereocenters. The SMILES string of the molecule is Cc1ccc(CNC(=O)C2CCN(C(=O)NCc3ccc(F)cc3C(F)(F)F)CC2)cc1. The summed E-state index contributed by atoms with van der Waals surface area (Å²) >= 11 is 0. The van der Waals surface area contributed by atoms with E-state index < -0.39 is 23.6 Å². The lowest BCUT2D eigenvalue weighted by atomic mass is 9.96. The van der Waals surface area contributed by atoms with Gasteiger partial charge < -0.3 is 15.5 Å². The number of nitrogens with zero attached hydrogens (tertiary/aromatic N) is 1. The van der Waals surface area contributed by atoms with E-state index in [2.05, 4.69) is 10.6 Å². The molecule has 0 spiro atoms. The summed E-state index contributed by atoms with van der Waals surface area (Å²) in [5.74, 6) is -1.29. The molecular weight excluding hydrogens is 426 g/mol. The lowest BCUT2D eigenvalue weighted by Gasteiger charge is -2.31. The number of amides is 3. The number of likely N-dealkylation sites (tertiary alicyclic amines) is 1. The third-order valence-electron chi connectivity index (χ3n) is 5.55. The smallest absolute Gasteiger partial charge is 0.352 e. The minimum Gasteiger partial charge on any atom is -0.352 e. The number of alkyl halides is 3. The number of hydrogen-bond donors (Lipinski definition) is 2. The highest BCUT2D eigenvalue weighted by molar-refractivity contribution is 5.79. The highest BCUT2D eigenvalue weighted by Crippen LogP contribution is 2.32. The first-order valence-electron chi connectivity index (χ1n) is 10.3. The standard InChI is InChI=1S/C23H25F4N3O2/c1-15-2-4-16(5-3-15)13-28-21(31)17-8-10-30(11-9-17)22(32)29-14-18-6-7-19(24)12-20(18)23(25,26)27/h2-7,12,17H,8-11,13-14H2,1H3,(H,28,31)(H,29,32). The molecule has 2 aromatic rings. The largest absolute Gasteiger partial charge is 0.416 e. The van der Waals surface area contributed by atoms with E-state index in [0.29, 0.717) is 38.5 Å². The van der Waals surface area contributed by atoms with Crippen molar-refractivity contribution in [2.75, 3.05) is 13.1 Å². The fourth-order valence-electron chi connectivity index (χ4n) is 3.63. The lowest BCUT2D eigenvalue weighted by Crippen LogP contribution is -2.46. The van der Waals surface area contributed by atoms with Crippen LogP contribution in [-0.2, 0) is 24.1 Å². The maximum atomic E-state index is 13.2. The van der Waals surface area contributed by atoms with Crippen LogP contribution >= 0.6 is 0 Å². The van der Waals surface area contributed by atoms with Gasteiger partial charge in [-0.1, -0.05) is 35.9 Å². The Morgan fingerprint density at radius 1 is 1.00 bits per heavy atom. The van der Waals surface area contributed by atoms with E-state index in [9.17, 15) is 27.2 Å². The predicted octanol–water partition coefficient (Wildman–Crippen LogP) is 4.39. The topological polar surface area (TPSA) is 61.4 Å². The number of rotatable bonds is 5. The van der Waals surface area contributed by atoms with E-state index in [1.165, 1.54) is 4.90 Å². The predicted molar refractivity (Wildman–Crippen MR) is 111 cm³/mol. The highest BCUT2D eigenvalue weighted by atomic mass is 19.4. The zero-order valence-corrected chi connectivity index (χ0v) is 17.6. The number of benzene rings is 2. The third-order valence-corrected chi connectivity index (χ3v) is 5.55. The van der Waals surface area contributed by atoms with Crippen molar-refractivity contribution in [2.45, 2.75) is 39.0 Å². The Hall–Kier alpha value is -3.10. The summed E-state index contributed by atoms with van der Waals surface area (Å²) in [4.78, 5) is 26.3. The van der Waals surface area contributed by atoms with Crippen LogP contribution in [0.1, 0.15) is 35.1 Å². The minimum absolute atomic E-state index is 0.0771. The summed E-state index contributed by atoms with van der Waals surface area (Å²) in [6.07, 6.45) is -3.78. The number of carbonyl (C=O) groups excluding carboxylic acids is 2. The Morgan fingerprint density at radius 2 is 1.66 bits per heavy atom. The maximum Gasteiger partial charge on any atom is 0.416 e. The second-order valence-electron chi connectivity index (χ2n) is 7.92. The first kappa shape index (κ1) is 23.6. The average molecular weight is 451 g/mol. The van der Waals surface area contributed by atoms with Crippen LogP contribution in [0.25, 0.3) is 0 Å². The number of halogens is 4. The normalized spacial score (nSPS) is 14.8.